The van der Waals surface area contributed by atoms with Crippen LogP contribution in [0.1, 0.15) is 43.0 Å². The van der Waals surface area contributed by atoms with Crippen molar-refractivity contribution in [2.45, 2.75) is 40.0 Å². The summed E-state index contributed by atoms with van der Waals surface area (Å²) in [5, 5.41) is 0. The fourth-order valence-electron chi connectivity index (χ4n) is 2.60. The number of halogens is 1. The summed E-state index contributed by atoms with van der Waals surface area (Å²) in [7, 11) is 0. The van der Waals surface area contributed by atoms with E-state index in [0.29, 0.717) is 12.3 Å². The fraction of sp³-hybridized carbons (Fsp3) is 0.368. The van der Waals surface area contributed by atoms with Crippen LogP contribution in [0.2, 0.25) is 0 Å². The van der Waals surface area contributed by atoms with E-state index in [9.17, 15) is 4.39 Å². The molecule has 0 saturated carbocycles. The van der Waals surface area contributed by atoms with Gasteiger partial charge < -0.3 is 0 Å². The zero-order chi connectivity index (χ0) is 14.5. The van der Waals surface area contributed by atoms with Crippen molar-refractivity contribution >= 4 is 0 Å². The van der Waals surface area contributed by atoms with Gasteiger partial charge in [-0.2, -0.15) is 0 Å². The lowest BCUT2D eigenvalue weighted by Crippen LogP contribution is -1.99. The van der Waals surface area contributed by atoms with Crippen LogP contribution in [0, 0.1) is 11.7 Å². The molecule has 0 heterocycles. The van der Waals surface area contributed by atoms with Crippen LogP contribution in [0.5, 0.6) is 0 Å². The van der Waals surface area contributed by atoms with E-state index in [4.69, 9.17) is 0 Å². The van der Waals surface area contributed by atoms with Crippen molar-refractivity contribution in [3.8, 4) is 0 Å². The average molecular weight is 270 g/mol. The highest BCUT2D eigenvalue weighted by Gasteiger charge is 2.08. The number of rotatable bonds is 5. The van der Waals surface area contributed by atoms with Gasteiger partial charge in [-0.3, -0.25) is 0 Å². The Morgan fingerprint density at radius 1 is 0.950 bits per heavy atom. The molecule has 0 aromatic heterocycles. The van der Waals surface area contributed by atoms with Crippen LogP contribution in [0.4, 0.5) is 4.39 Å². The molecule has 106 valence electrons. The number of aryl methyl sites for hydroxylation is 1. The minimum atomic E-state index is -0.0874. The van der Waals surface area contributed by atoms with Gasteiger partial charge in [0.25, 0.3) is 0 Å². The monoisotopic (exact) mass is 270 g/mol. The van der Waals surface area contributed by atoms with Gasteiger partial charge in [0, 0.05) is 6.42 Å². The quantitative estimate of drug-likeness (QED) is 0.702. The maximum atomic E-state index is 14.0. The predicted molar refractivity (Wildman–Crippen MR) is 83.6 cm³/mol. The topological polar surface area (TPSA) is 0 Å². The molecule has 0 spiro atoms. The molecular formula is C19H23F. The molecule has 0 N–H and O–H groups in total. The summed E-state index contributed by atoms with van der Waals surface area (Å²) in [5.74, 6) is 0.578. The van der Waals surface area contributed by atoms with Gasteiger partial charge in [0.1, 0.15) is 5.82 Å². The molecule has 0 nitrogen and oxygen atoms in total. The van der Waals surface area contributed by atoms with Crippen LogP contribution in [0.15, 0.2) is 42.5 Å². The smallest absolute Gasteiger partial charge is 0.127 e. The average Bonchev–Trinajstić information content (AvgIpc) is 2.42. The van der Waals surface area contributed by atoms with Crippen molar-refractivity contribution in [1.82, 2.24) is 0 Å². The van der Waals surface area contributed by atoms with Crippen molar-refractivity contribution in [3.05, 3.63) is 70.5 Å². The van der Waals surface area contributed by atoms with Gasteiger partial charge in [0.05, 0.1) is 0 Å². The first-order valence-corrected chi connectivity index (χ1v) is 7.44. The lowest BCUT2D eigenvalue weighted by molar-refractivity contribution is 0.610. The van der Waals surface area contributed by atoms with Crippen molar-refractivity contribution in [3.63, 3.8) is 0 Å². The Labute approximate surface area is 121 Å². The molecule has 0 aliphatic heterocycles. The van der Waals surface area contributed by atoms with Crippen LogP contribution >= 0.6 is 0 Å². The summed E-state index contributed by atoms with van der Waals surface area (Å²) in [6, 6.07) is 14.0. The largest absolute Gasteiger partial charge is 0.207 e. The molecule has 2 aromatic rings. The molecule has 0 saturated heterocycles. The molecule has 2 aromatic carbocycles. The zero-order valence-electron chi connectivity index (χ0n) is 12.6. The zero-order valence-corrected chi connectivity index (χ0v) is 12.6. The van der Waals surface area contributed by atoms with Crippen molar-refractivity contribution < 1.29 is 4.39 Å². The maximum Gasteiger partial charge on any atom is 0.127 e. The first-order valence-electron chi connectivity index (χ1n) is 7.44. The molecule has 0 atom stereocenters. The Bertz CT molecular complexity index is 552. The van der Waals surface area contributed by atoms with Crippen molar-refractivity contribution in [2.24, 2.45) is 5.92 Å². The van der Waals surface area contributed by atoms with Crippen LogP contribution in [-0.2, 0) is 19.3 Å². The molecular weight excluding hydrogens is 247 g/mol. The van der Waals surface area contributed by atoms with E-state index in [1.165, 1.54) is 11.1 Å². The summed E-state index contributed by atoms with van der Waals surface area (Å²) in [5.41, 5.74) is 4.48. The summed E-state index contributed by atoms with van der Waals surface area (Å²) in [4.78, 5) is 0. The third-order valence-corrected chi connectivity index (χ3v) is 3.64. The van der Waals surface area contributed by atoms with E-state index < -0.39 is 0 Å². The first kappa shape index (κ1) is 14.8. The second kappa shape index (κ2) is 6.69. The van der Waals surface area contributed by atoms with E-state index in [0.717, 1.165) is 24.0 Å². The van der Waals surface area contributed by atoms with Crippen LogP contribution < -0.4 is 0 Å². The van der Waals surface area contributed by atoms with E-state index >= 15 is 0 Å². The normalized spacial score (nSPS) is 11.1. The van der Waals surface area contributed by atoms with Gasteiger partial charge in [-0.15, -0.1) is 0 Å². The van der Waals surface area contributed by atoms with Crippen molar-refractivity contribution in [2.75, 3.05) is 0 Å². The molecule has 0 amide bonds. The Balaban J connectivity index is 2.18. The first-order chi connectivity index (χ1) is 9.60. The molecule has 0 unspecified atom stereocenters. The summed E-state index contributed by atoms with van der Waals surface area (Å²) in [6.45, 7) is 6.52. The summed E-state index contributed by atoms with van der Waals surface area (Å²) < 4.78 is 14.0. The van der Waals surface area contributed by atoms with Gasteiger partial charge >= 0.3 is 0 Å². The fourth-order valence-corrected chi connectivity index (χ4v) is 2.60. The highest BCUT2D eigenvalue weighted by molar-refractivity contribution is 5.35. The molecule has 0 aliphatic rings. The number of benzene rings is 2. The maximum absolute atomic E-state index is 14.0. The van der Waals surface area contributed by atoms with Gasteiger partial charge in [-0.1, -0.05) is 57.2 Å². The Hall–Kier alpha value is -1.63. The molecule has 2 rings (SSSR count). The van der Waals surface area contributed by atoms with E-state index in [2.05, 4.69) is 45.0 Å². The molecule has 0 aliphatic carbocycles. The SMILES string of the molecule is CCc1cccc(F)c1Cc1ccc(CC(C)C)cc1. The van der Waals surface area contributed by atoms with Gasteiger partial charge in [0.15, 0.2) is 0 Å². The second-order valence-corrected chi connectivity index (χ2v) is 5.82. The van der Waals surface area contributed by atoms with Crippen molar-refractivity contribution in [1.29, 1.82) is 0 Å². The molecule has 20 heavy (non-hydrogen) atoms. The predicted octanol–water partition coefficient (Wildman–Crippen LogP) is 5.18. The van der Waals surface area contributed by atoms with Crippen LogP contribution in [0.3, 0.4) is 0 Å². The van der Waals surface area contributed by atoms with E-state index in [-0.39, 0.29) is 5.82 Å². The molecule has 0 radical (unpaired) electrons. The minimum absolute atomic E-state index is 0.0874. The third-order valence-electron chi connectivity index (χ3n) is 3.64. The third kappa shape index (κ3) is 3.69. The number of hydrogen-bond acceptors (Lipinski definition) is 0. The highest BCUT2D eigenvalue weighted by Crippen LogP contribution is 2.19. The second-order valence-electron chi connectivity index (χ2n) is 5.82. The lowest BCUT2D eigenvalue weighted by atomic mass is 9.96. The Morgan fingerprint density at radius 3 is 2.20 bits per heavy atom. The molecule has 1 heteroatoms. The van der Waals surface area contributed by atoms with E-state index in [1.807, 2.05) is 6.07 Å². The summed E-state index contributed by atoms with van der Waals surface area (Å²) in [6.07, 6.45) is 2.65. The number of hydrogen-bond donors (Lipinski definition) is 0. The van der Waals surface area contributed by atoms with Gasteiger partial charge in [-0.05, 0) is 47.1 Å². The Kier molecular flexibility index (Phi) is 4.94. The minimum Gasteiger partial charge on any atom is -0.207 e. The highest BCUT2D eigenvalue weighted by atomic mass is 19.1. The molecule has 0 bridgehead atoms. The molecule has 0 fully saturated rings. The lowest BCUT2D eigenvalue weighted by Gasteiger charge is -2.10. The van der Waals surface area contributed by atoms with Crippen LogP contribution in [0.25, 0.3) is 0 Å². The summed E-state index contributed by atoms with van der Waals surface area (Å²) >= 11 is 0. The van der Waals surface area contributed by atoms with Gasteiger partial charge in [-0.25, -0.2) is 4.39 Å². The van der Waals surface area contributed by atoms with Gasteiger partial charge in [0.2, 0.25) is 0 Å². The van der Waals surface area contributed by atoms with E-state index in [1.54, 1.807) is 12.1 Å². The standard InChI is InChI=1S/C19H23F/c1-4-17-6-5-7-19(20)18(17)13-16-10-8-15(9-11-16)12-14(2)3/h5-11,14H,4,12-13H2,1-3H3. The Morgan fingerprint density at radius 2 is 1.60 bits per heavy atom. The van der Waals surface area contributed by atoms with Crippen LogP contribution in [-0.4, -0.2) is 0 Å².